The summed E-state index contributed by atoms with van der Waals surface area (Å²) in [6.45, 7) is 2.32. The lowest BCUT2D eigenvalue weighted by Crippen LogP contribution is -2.57. The Labute approximate surface area is 187 Å². The molecule has 4 atom stereocenters. The first kappa shape index (κ1) is 22.9. The van der Waals surface area contributed by atoms with E-state index < -0.39 is 36.6 Å². The Morgan fingerprint density at radius 3 is 2.79 bits per heavy atom. The molecule has 2 aromatic rings. The van der Waals surface area contributed by atoms with Crippen molar-refractivity contribution in [2.24, 2.45) is 0 Å². The molecule has 180 valence electrons. The molecule has 2 aliphatic heterocycles. The van der Waals surface area contributed by atoms with Crippen molar-refractivity contribution in [3.8, 4) is 11.8 Å². The minimum atomic E-state index is -2.99. The van der Waals surface area contributed by atoms with Gasteiger partial charge in [-0.1, -0.05) is 0 Å². The van der Waals surface area contributed by atoms with Gasteiger partial charge in [-0.25, -0.2) is 14.3 Å². The van der Waals surface area contributed by atoms with E-state index in [0.717, 1.165) is 0 Å². The van der Waals surface area contributed by atoms with Gasteiger partial charge in [-0.2, -0.15) is 18.9 Å². The van der Waals surface area contributed by atoms with Crippen molar-refractivity contribution in [2.75, 3.05) is 5.32 Å². The first-order valence-corrected chi connectivity index (χ1v) is 10.5. The van der Waals surface area contributed by atoms with Gasteiger partial charge in [0.2, 0.25) is 11.8 Å². The van der Waals surface area contributed by atoms with Crippen LogP contribution in [0.5, 0.6) is 11.8 Å². The molecule has 0 aromatic carbocycles. The number of nitrogens with zero attached hydrogens (tertiary/aromatic N) is 4. The Kier molecular flexibility index (Phi) is 6.21. The fourth-order valence-corrected chi connectivity index (χ4v) is 4.09. The van der Waals surface area contributed by atoms with Crippen LogP contribution in [0.15, 0.2) is 18.5 Å². The molecule has 1 amide bonds. The van der Waals surface area contributed by atoms with Crippen molar-refractivity contribution in [3.63, 3.8) is 0 Å². The number of aromatic nitrogens is 4. The normalized spacial score (nSPS) is 24.6. The van der Waals surface area contributed by atoms with Crippen molar-refractivity contribution < 1.29 is 32.2 Å². The average molecular weight is 470 g/mol. The lowest BCUT2D eigenvalue weighted by Gasteiger charge is -2.41. The van der Waals surface area contributed by atoms with E-state index in [2.05, 4.69) is 30.2 Å². The molecule has 2 aliphatic rings. The number of anilines is 2. The predicted molar refractivity (Wildman–Crippen MR) is 109 cm³/mol. The number of aromatic amines is 1. The van der Waals surface area contributed by atoms with Crippen LogP contribution in [-0.4, -0.2) is 67.7 Å². The fourth-order valence-electron chi connectivity index (χ4n) is 4.09. The second-order valence-corrected chi connectivity index (χ2v) is 8.89. The SMILES string of the molecule is CC(C)(C)OC(=O)N1[C@@H]2CC[C@H]1[C@@H](F)[C@@H](Oc1cncc(Nc3cc(OC(F)F)[nH]n3)n1)C2. The van der Waals surface area contributed by atoms with Gasteiger partial charge in [0.1, 0.15) is 11.7 Å². The molecule has 33 heavy (non-hydrogen) atoms. The monoisotopic (exact) mass is 470 g/mol. The van der Waals surface area contributed by atoms with Crippen molar-refractivity contribution in [3.05, 3.63) is 18.5 Å². The van der Waals surface area contributed by atoms with Crippen molar-refractivity contribution in [1.82, 2.24) is 25.1 Å². The van der Waals surface area contributed by atoms with Gasteiger partial charge in [-0.3, -0.25) is 9.88 Å². The number of amides is 1. The number of rotatable bonds is 6. The maximum Gasteiger partial charge on any atom is 0.410 e. The highest BCUT2D eigenvalue weighted by atomic mass is 19.3. The molecule has 0 unspecified atom stereocenters. The van der Waals surface area contributed by atoms with Gasteiger partial charge in [0.05, 0.1) is 18.4 Å². The van der Waals surface area contributed by atoms with Crippen molar-refractivity contribution in [2.45, 2.75) is 76.6 Å². The zero-order valence-electron chi connectivity index (χ0n) is 18.3. The molecule has 13 heteroatoms. The Bertz CT molecular complexity index is 985. The minimum absolute atomic E-state index is 0.0809. The Morgan fingerprint density at radius 2 is 2.06 bits per heavy atom. The lowest BCUT2D eigenvalue weighted by molar-refractivity contribution is -0.0529. The molecule has 2 fully saturated rings. The summed E-state index contributed by atoms with van der Waals surface area (Å²) in [6.07, 6.45) is 1.46. The van der Waals surface area contributed by atoms with Crippen LogP contribution in [0.4, 0.5) is 29.6 Å². The van der Waals surface area contributed by atoms with Gasteiger partial charge in [0.25, 0.3) is 0 Å². The van der Waals surface area contributed by atoms with Crippen molar-refractivity contribution >= 4 is 17.7 Å². The van der Waals surface area contributed by atoms with Crippen LogP contribution >= 0.6 is 0 Å². The van der Waals surface area contributed by atoms with Crippen LogP contribution in [0.2, 0.25) is 0 Å². The number of hydrogen-bond acceptors (Lipinski definition) is 8. The summed E-state index contributed by atoms with van der Waals surface area (Å²) < 4.78 is 55.3. The number of hydrogen-bond donors (Lipinski definition) is 2. The third kappa shape index (κ3) is 5.40. The molecule has 2 N–H and O–H groups in total. The van der Waals surface area contributed by atoms with Crippen molar-refractivity contribution in [1.29, 1.82) is 0 Å². The highest BCUT2D eigenvalue weighted by Gasteiger charge is 2.52. The summed E-state index contributed by atoms with van der Waals surface area (Å²) in [6, 6.07) is 0.409. The van der Waals surface area contributed by atoms with Gasteiger partial charge >= 0.3 is 12.7 Å². The smallest absolute Gasteiger partial charge is 0.410 e. The number of H-pyrrole nitrogens is 1. The lowest BCUT2D eigenvalue weighted by atomic mass is 9.98. The molecule has 0 saturated carbocycles. The highest BCUT2D eigenvalue weighted by molar-refractivity contribution is 5.70. The number of nitrogens with one attached hydrogen (secondary N) is 2. The summed E-state index contributed by atoms with van der Waals surface area (Å²) in [4.78, 5) is 22.3. The third-order valence-corrected chi connectivity index (χ3v) is 5.29. The molecule has 2 aromatic heterocycles. The maximum atomic E-state index is 15.3. The third-order valence-electron chi connectivity index (χ3n) is 5.29. The highest BCUT2D eigenvalue weighted by Crippen LogP contribution is 2.39. The van der Waals surface area contributed by atoms with E-state index in [1.165, 1.54) is 23.4 Å². The van der Waals surface area contributed by atoms with Gasteiger partial charge in [-0.05, 0) is 33.6 Å². The molecular weight excluding hydrogens is 445 g/mol. The number of ether oxygens (including phenoxy) is 3. The quantitative estimate of drug-likeness (QED) is 0.655. The first-order chi connectivity index (χ1) is 15.6. The van der Waals surface area contributed by atoms with Gasteiger partial charge < -0.3 is 19.5 Å². The van der Waals surface area contributed by atoms with Gasteiger partial charge in [0.15, 0.2) is 17.8 Å². The number of fused-ring (bicyclic) bond motifs is 2. The molecule has 2 bridgehead atoms. The Hall–Kier alpha value is -3.25. The summed E-state index contributed by atoms with van der Waals surface area (Å²) in [5, 5.41) is 8.86. The number of piperidine rings is 1. The molecule has 4 rings (SSSR count). The summed E-state index contributed by atoms with van der Waals surface area (Å²) in [5.74, 6) is 0.245. The molecule has 10 nitrogen and oxygen atoms in total. The number of halogens is 3. The van der Waals surface area contributed by atoms with Crippen LogP contribution in [0.3, 0.4) is 0 Å². The Morgan fingerprint density at radius 1 is 1.27 bits per heavy atom. The van der Waals surface area contributed by atoms with E-state index >= 15 is 4.39 Å². The predicted octanol–water partition coefficient (Wildman–Crippen LogP) is 3.80. The molecule has 2 saturated heterocycles. The van der Waals surface area contributed by atoms with Gasteiger partial charge in [0, 0.05) is 18.5 Å². The zero-order chi connectivity index (χ0) is 23.8. The molecule has 0 radical (unpaired) electrons. The molecule has 4 heterocycles. The van der Waals surface area contributed by atoms with Crippen LogP contribution < -0.4 is 14.8 Å². The second-order valence-electron chi connectivity index (χ2n) is 8.89. The largest absolute Gasteiger partial charge is 0.470 e. The van der Waals surface area contributed by atoms with E-state index in [-0.39, 0.29) is 29.4 Å². The maximum absolute atomic E-state index is 15.3. The fraction of sp³-hybridized carbons (Fsp3) is 0.600. The van der Waals surface area contributed by atoms with Crippen LogP contribution in [0.1, 0.15) is 40.0 Å². The van der Waals surface area contributed by atoms with Crippen LogP contribution in [0.25, 0.3) is 0 Å². The van der Waals surface area contributed by atoms with E-state index in [1.807, 2.05) is 0 Å². The topological polar surface area (TPSA) is 114 Å². The van der Waals surface area contributed by atoms with E-state index in [4.69, 9.17) is 9.47 Å². The number of alkyl halides is 3. The van der Waals surface area contributed by atoms with Crippen LogP contribution in [-0.2, 0) is 4.74 Å². The molecular formula is C20H25F3N6O4. The Balaban J connectivity index is 1.40. The van der Waals surface area contributed by atoms with E-state index in [1.54, 1.807) is 20.8 Å². The zero-order valence-corrected chi connectivity index (χ0v) is 18.3. The van der Waals surface area contributed by atoms with E-state index in [9.17, 15) is 13.6 Å². The molecule has 0 spiro atoms. The average Bonchev–Trinajstić information content (AvgIpc) is 3.28. The summed E-state index contributed by atoms with van der Waals surface area (Å²) in [7, 11) is 0. The summed E-state index contributed by atoms with van der Waals surface area (Å²) >= 11 is 0. The standard InChI is InChI=1S/C20H25F3N6O4/c1-20(2,3)33-19(30)29-10-4-5-11(29)17(21)12(6-10)31-16-9-24-8-14(26-16)25-13-7-15(28-27-13)32-18(22)23/h7-12,17-18H,4-6H2,1-3H3,(H2,25,26,27,28)/t10-,11+,12+,17-/m1/s1. The number of carbonyl (C=O) groups is 1. The first-order valence-electron chi connectivity index (χ1n) is 10.5. The minimum Gasteiger partial charge on any atom is -0.470 e. The summed E-state index contributed by atoms with van der Waals surface area (Å²) in [5.41, 5.74) is -0.667. The van der Waals surface area contributed by atoms with Gasteiger partial charge in [-0.15, -0.1) is 0 Å². The van der Waals surface area contributed by atoms with E-state index in [0.29, 0.717) is 19.3 Å². The molecule has 0 aliphatic carbocycles. The second kappa shape index (κ2) is 8.94. The van der Waals surface area contributed by atoms with Crippen LogP contribution in [0, 0.1) is 0 Å². The number of carbonyl (C=O) groups excluding carboxylic acids is 1.